The van der Waals surface area contributed by atoms with Gasteiger partial charge in [-0.1, -0.05) is 0 Å². The van der Waals surface area contributed by atoms with Crippen molar-refractivity contribution in [1.29, 1.82) is 0 Å². The Kier molecular flexibility index (Phi) is 9.70. The van der Waals surface area contributed by atoms with E-state index in [2.05, 4.69) is 19.1 Å². The molecule has 0 nitrogen and oxygen atoms in total. The first kappa shape index (κ1) is 13.4. The van der Waals surface area contributed by atoms with E-state index >= 15 is 0 Å². The zero-order valence-corrected chi connectivity index (χ0v) is 13.4. The Morgan fingerprint density at radius 2 is 2.00 bits per heavy atom. The second-order valence-corrected chi connectivity index (χ2v) is 3.94. The number of halogens is 2. The molecule has 1 aliphatic rings. The van der Waals surface area contributed by atoms with Crippen LogP contribution in [0, 0.1) is 0 Å². The molecule has 0 fully saturated rings. The van der Waals surface area contributed by atoms with Gasteiger partial charge in [0.15, 0.2) is 0 Å². The average molecular weight is 513 g/mol. The zero-order valence-electron chi connectivity index (χ0n) is 5.18. The molecule has 0 heterocycles. The molecule has 0 unspecified atom stereocenters. The molecule has 0 aromatic rings. The van der Waals surface area contributed by atoms with Gasteiger partial charge in [0, 0.05) is 0 Å². The molecule has 0 bridgehead atoms. The van der Waals surface area contributed by atoms with Gasteiger partial charge in [-0.05, 0) is 0 Å². The van der Waals surface area contributed by atoms with Crippen molar-refractivity contribution in [3.8, 4) is 0 Å². The van der Waals surface area contributed by atoms with Crippen LogP contribution in [0.25, 0.3) is 0 Å². The maximum atomic E-state index is 2.23. The molecule has 1 rings (SSSR count). The van der Waals surface area contributed by atoms with Crippen LogP contribution in [-0.4, -0.2) is 0 Å². The van der Waals surface area contributed by atoms with E-state index in [4.69, 9.17) is 0 Å². The first-order valence-corrected chi connectivity index (χ1v) is 4.18. The van der Waals surface area contributed by atoms with E-state index in [0.717, 1.165) is 0 Å². The summed E-state index contributed by atoms with van der Waals surface area (Å²) in [5.74, 6) is 0. The van der Waals surface area contributed by atoms with Gasteiger partial charge in [-0.2, -0.15) is 0 Å². The SMILES string of the molecule is CC1=[C]([Hf])CC=C1.I.I. The topological polar surface area (TPSA) is 0 Å². The molecular formula is C6H9HfI2. The van der Waals surface area contributed by atoms with Crippen molar-refractivity contribution in [2.24, 2.45) is 0 Å². The minimum atomic E-state index is 0. The van der Waals surface area contributed by atoms with Crippen LogP contribution in [0.3, 0.4) is 0 Å². The quantitative estimate of drug-likeness (QED) is 0.345. The van der Waals surface area contributed by atoms with Crippen LogP contribution in [-0.2, 0) is 24.4 Å². The van der Waals surface area contributed by atoms with Crippen molar-refractivity contribution in [1.82, 2.24) is 0 Å². The fraction of sp³-hybridized carbons (Fsp3) is 0.333. The molecule has 9 heavy (non-hydrogen) atoms. The van der Waals surface area contributed by atoms with E-state index in [-0.39, 0.29) is 48.0 Å². The second-order valence-electron chi connectivity index (χ2n) is 1.77. The van der Waals surface area contributed by atoms with Crippen LogP contribution in [0.1, 0.15) is 13.3 Å². The molecule has 0 aromatic heterocycles. The fourth-order valence-corrected chi connectivity index (χ4v) is 1.34. The molecule has 0 spiro atoms. The Hall–Kier alpha value is 1.81. The smallest absolute Gasteiger partial charge is 0.107 e. The fourth-order valence-electron chi connectivity index (χ4n) is 0.615. The Morgan fingerprint density at radius 3 is 2.11 bits per heavy atom. The molecular weight excluding hydrogens is 504 g/mol. The number of hydrogen-bond acceptors (Lipinski definition) is 0. The van der Waals surface area contributed by atoms with Gasteiger partial charge in [0.25, 0.3) is 0 Å². The zero-order chi connectivity index (χ0) is 5.28. The van der Waals surface area contributed by atoms with Gasteiger partial charge in [0.05, 0.1) is 0 Å². The molecule has 0 saturated heterocycles. The normalized spacial score (nSPS) is 14.7. The van der Waals surface area contributed by atoms with E-state index in [9.17, 15) is 0 Å². The Balaban J connectivity index is 0. The largest absolute Gasteiger partial charge is 0.107 e. The molecule has 51 valence electrons. The monoisotopic (exact) mass is 515 g/mol. The van der Waals surface area contributed by atoms with Gasteiger partial charge >= 0.3 is 58.8 Å². The van der Waals surface area contributed by atoms with E-state index in [0.29, 0.717) is 0 Å². The van der Waals surface area contributed by atoms with Gasteiger partial charge < -0.3 is 0 Å². The minimum Gasteiger partial charge on any atom is -0.107 e. The van der Waals surface area contributed by atoms with E-state index in [1.807, 2.05) is 0 Å². The molecule has 0 saturated carbocycles. The summed E-state index contributed by atoms with van der Waals surface area (Å²) in [6.07, 6.45) is 5.68. The Bertz CT molecular complexity index is 138. The first-order valence-electron chi connectivity index (χ1n) is 2.38. The Labute approximate surface area is 105 Å². The van der Waals surface area contributed by atoms with Crippen molar-refractivity contribution in [2.45, 2.75) is 13.3 Å². The Morgan fingerprint density at radius 1 is 1.44 bits per heavy atom. The summed E-state index contributed by atoms with van der Waals surface area (Å²) in [6, 6.07) is 0. The molecule has 0 aromatic carbocycles. The first-order chi connectivity index (χ1) is 3.30. The van der Waals surface area contributed by atoms with Crippen LogP contribution in [0.2, 0.25) is 0 Å². The molecule has 0 aliphatic heterocycles. The third-order valence-electron chi connectivity index (χ3n) is 1.17. The third kappa shape index (κ3) is 4.29. The summed E-state index contributed by atoms with van der Waals surface area (Å²) in [6.45, 7) is 2.19. The number of hydrogen-bond donors (Lipinski definition) is 0. The van der Waals surface area contributed by atoms with E-state index in [1.165, 1.54) is 36.4 Å². The predicted octanol–water partition coefficient (Wildman–Crippen LogP) is 3.00. The molecule has 1 aliphatic carbocycles. The van der Waals surface area contributed by atoms with Crippen LogP contribution in [0.15, 0.2) is 21.1 Å². The molecule has 0 radical (unpaired) electrons. The summed E-state index contributed by atoms with van der Waals surface area (Å²) in [5, 5.41) is 0. The van der Waals surface area contributed by atoms with Gasteiger partial charge in [-0.15, -0.1) is 48.0 Å². The molecule has 3 heteroatoms. The maximum absolute atomic E-state index is 2.23. The van der Waals surface area contributed by atoms with Crippen LogP contribution >= 0.6 is 48.0 Å². The van der Waals surface area contributed by atoms with Gasteiger partial charge in [0.1, 0.15) is 0 Å². The second kappa shape index (κ2) is 6.52. The van der Waals surface area contributed by atoms with E-state index < -0.39 is 0 Å². The average Bonchev–Trinajstić information content (AvgIpc) is 1.91. The summed E-state index contributed by atoms with van der Waals surface area (Å²) in [7, 11) is 0. The van der Waals surface area contributed by atoms with Crippen LogP contribution < -0.4 is 0 Å². The van der Waals surface area contributed by atoms with E-state index in [1.54, 1.807) is 3.33 Å². The van der Waals surface area contributed by atoms with Crippen LogP contribution in [0.5, 0.6) is 0 Å². The number of rotatable bonds is 0. The van der Waals surface area contributed by atoms with Crippen molar-refractivity contribution in [3.05, 3.63) is 21.1 Å². The van der Waals surface area contributed by atoms with Gasteiger partial charge in [0.2, 0.25) is 0 Å². The summed E-state index contributed by atoms with van der Waals surface area (Å²) >= 11 is 1.25. The van der Waals surface area contributed by atoms with Crippen molar-refractivity contribution in [3.63, 3.8) is 0 Å². The summed E-state index contributed by atoms with van der Waals surface area (Å²) in [4.78, 5) is 0. The minimum absolute atomic E-state index is 0. The van der Waals surface area contributed by atoms with Crippen molar-refractivity contribution >= 4 is 48.0 Å². The molecule has 0 amide bonds. The van der Waals surface area contributed by atoms with Gasteiger partial charge in [-0.3, -0.25) is 0 Å². The maximum Gasteiger partial charge on any atom is -0.107 e. The molecule has 0 N–H and O–H groups in total. The third-order valence-corrected chi connectivity index (χ3v) is 3.32. The molecule has 0 atom stereocenters. The number of allylic oxidation sites excluding steroid dienone is 4. The summed E-state index contributed by atoms with van der Waals surface area (Å²) in [5.41, 5.74) is 1.51. The standard InChI is InChI=1S/C6H7.Hf.2HI/c1-6-4-2-3-5-6;;;/h2,4H,3H2,1H3;;2*1H. The van der Waals surface area contributed by atoms with Gasteiger partial charge in [-0.25, -0.2) is 0 Å². The van der Waals surface area contributed by atoms with Crippen LogP contribution in [0.4, 0.5) is 0 Å². The summed E-state index contributed by atoms with van der Waals surface area (Å²) < 4.78 is 1.65. The van der Waals surface area contributed by atoms with Crippen molar-refractivity contribution < 1.29 is 24.4 Å². The van der Waals surface area contributed by atoms with Crippen molar-refractivity contribution in [2.75, 3.05) is 0 Å². The predicted molar refractivity (Wildman–Crippen MR) is 57.3 cm³/mol.